The van der Waals surface area contributed by atoms with Gasteiger partial charge in [0.15, 0.2) is 0 Å². The van der Waals surface area contributed by atoms with Crippen LogP contribution in [0, 0.1) is 0 Å². The Balaban J connectivity index is 2.47. The van der Waals surface area contributed by atoms with Crippen molar-refractivity contribution in [2.45, 2.75) is 6.42 Å². The molecule has 72 valence electrons. The number of hydrogen-bond acceptors (Lipinski definition) is 4. The molecule has 6 heteroatoms. The number of carbonyl (C=O) groups excluding carboxylic acids is 3. The minimum atomic E-state index is -0.540. The highest BCUT2D eigenvalue weighted by molar-refractivity contribution is 5.97. The summed E-state index contributed by atoms with van der Waals surface area (Å²) in [5.74, 6) is -0.810. The smallest absolute Gasteiger partial charge is 0.325 e. The number of carbonyl (C=O) groups is 3. The Morgan fingerprint density at radius 3 is 2.85 bits per heavy atom. The lowest BCUT2D eigenvalue weighted by molar-refractivity contribution is -0.141. The molecule has 0 unspecified atom stereocenters. The lowest BCUT2D eigenvalue weighted by atomic mass is 10.3. The average molecular weight is 186 g/mol. The van der Waals surface area contributed by atoms with Crippen LogP contribution in [0.1, 0.15) is 6.42 Å². The second-order valence-electron chi connectivity index (χ2n) is 2.60. The Morgan fingerprint density at radius 1 is 1.62 bits per heavy atom. The van der Waals surface area contributed by atoms with E-state index in [4.69, 9.17) is 0 Å². The molecule has 1 fully saturated rings. The standard InChI is InChI=1S/C7H10N2O4/c1-13-6(11)4-9-3-2-5(10)8-7(9)12/h2-4H2,1H3,(H,8,10,12). The van der Waals surface area contributed by atoms with Crippen LogP contribution in [0.2, 0.25) is 0 Å². The fraction of sp³-hybridized carbons (Fsp3) is 0.571. The van der Waals surface area contributed by atoms with Crippen molar-refractivity contribution in [3.63, 3.8) is 0 Å². The first-order valence-corrected chi connectivity index (χ1v) is 3.79. The zero-order valence-electron chi connectivity index (χ0n) is 7.20. The van der Waals surface area contributed by atoms with Gasteiger partial charge in [-0.3, -0.25) is 14.9 Å². The van der Waals surface area contributed by atoms with Crippen LogP contribution in [0.4, 0.5) is 4.79 Å². The van der Waals surface area contributed by atoms with E-state index in [-0.39, 0.29) is 25.4 Å². The molecule has 0 atom stereocenters. The molecule has 13 heavy (non-hydrogen) atoms. The van der Waals surface area contributed by atoms with Crippen molar-refractivity contribution >= 4 is 17.9 Å². The summed E-state index contributed by atoms with van der Waals surface area (Å²) >= 11 is 0. The summed E-state index contributed by atoms with van der Waals surface area (Å²) in [6.07, 6.45) is 0.225. The Labute approximate surface area is 74.8 Å². The van der Waals surface area contributed by atoms with E-state index in [0.717, 1.165) is 0 Å². The molecule has 1 aliphatic heterocycles. The Hall–Kier alpha value is -1.59. The van der Waals surface area contributed by atoms with Crippen LogP contribution < -0.4 is 5.32 Å². The maximum absolute atomic E-state index is 11.0. The first-order valence-electron chi connectivity index (χ1n) is 3.79. The molecule has 0 aliphatic carbocycles. The molecule has 1 heterocycles. The van der Waals surface area contributed by atoms with Crippen molar-refractivity contribution in [1.29, 1.82) is 0 Å². The molecule has 0 aromatic heterocycles. The van der Waals surface area contributed by atoms with Crippen molar-refractivity contribution in [2.24, 2.45) is 0 Å². The molecular weight excluding hydrogens is 176 g/mol. The topological polar surface area (TPSA) is 75.7 Å². The predicted molar refractivity (Wildman–Crippen MR) is 41.7 cm³/mol. The summed E-state index contributed by atoms with van der Waals surface area (Å²) in [6, 6.07) is -0.540. The molecule has 1 saturated heterocycles. The summed E-state index contributed by atoms with van der Waals surface area (Å²) < 4.78 is 4.38. The molecule has 0 radical (unpaired) electrons. The third kappa shape index (κ3) is 2.43. The summed E-state index contributed by atoms with van der Waals surface area (Å²) in [6.45, 7) is 0.148. The Morgan fingerprint density at radius 2 is 2.31 bits per heavy atom. The number of nitrogens with one attached hydrogen (secondary N) is 1. The monoisotopic (exact) mass is 186 g/mol. The van der Waals surface area contributed by atoms with E-state index >= 15 is 0 Å². The van der Waals surface area contributed by atoms with Crippen LogP contribution in [0.15, 0.2) is 0 Å². The molecule has 3 amide bonds. The summed E-state index contributed by atoms with van der Waals surface area (Å²) in [7, 11) is 1.25. The number of urea groups is 1. The molecule has 0 bridgehead atoms. The zero-order chi connectivity index (χ0) is 9.84. The fourth-order valence-corrected chi connectivity index (χ4v) is 0.970. The van der Waals surface area contributed by atoms with Crippen LogP contribution in [-0.4, -0.2) is 43.0 Å². The quantitative estimate of drug-likeness (QED) is 0.567. The maximum atomic E-state index is 11.0. The third-order valence-corrected chi connectivity index (χ3v) is 1.69. The van der Waals surface area contributed by atoms with Crippen LogP contribution in [0.5, 0.6) is 0 Å². The Kier molecular flexibility index (Phi) is 2.84. The minimum Gasteiger partial charge on any atom is -0.468 e. The van der Waals surface area contributed by atoms with Gasteiger partial charge >= 0.3 is 12.0 Å². The average Bonchev–Trinajstić information content (AvgIpc) is 2.09. The van der Waals surface area contributed by atoms with E-state index in [1.807, 2.05) is 0 Å². The van der Waals surface area contributed by atoms with Gasteiger partial charge in [-0.1, -0.05) is 0 Å². The van der Waals surface area contributed by atoms with Crippen LogP contribution >= 0.6 is 0 Å². The number of imide groups is 1. The van der Waals surface area contributed by atoms with Gasteiger partial charge in [-0.05, 0) is 0 Å². The highest BCUT2D eigenvalue weighted by atomic mass is 16.5. The SMILES string of the molecule is COC(=O)CN1CCC(=O)NC1=O. The second kappa shape index (κ2) is 3.88. The maximum Gasteiger partial charge on any atom is 0.325 e. The first-order chi connectivity index (χ1) is 6.13. The highest BCUT2D eigenvalue weighted by Crippen LogP contribution is 1.99. The van der Waals surface area contributed by atoms with Gasteiger partial charge in [-0.25, -0.2) is 4.79 Å². The van der Waals surface area contributed by atoms with E-state index < -0.39 is 12.0 Å². The largest absolute Gasteiger partial charge is 0.468 e. The molecule has 0 aromatic carbocycles. The normalized spacial score (nSPS) is 16.8. The van der Waals surface area contributed by atoms with Gasteiger partial charge in [0.1, 0.15) is 6.54 Å². The van der Waals surface area contributed by atoms with Crippen LogP contribution in [-0.2, 0) is 14.3 Å². The zero-order valence-corrected chi connectivity index (χ0v) is 7.20. The van der Waals surface area contributed by atoms with Crippen LogP contribution in [0.25, 0.3) is 0 Å². The lowest BCUT2D eigenvalue weighted by Gasteiger charge is -2.24. The summed E-state index contributed by atoms with van der Waals surface area (Å²) in [5.41, 5.74) is 0. The van der Waals surface area contributed by atoms with Gasteiger partial charge in [0.05, 0.1) is 7.11 Å². The van der Waals surface area contributed by atoms with Gasteiger partial charge in [-0.15, -0.1) is 0 Å². The van der Waals surface area contributed by atoms with Crippen molar-refractivity contribution in [1.82, 2.24) is 10.2 Å². The van der Waals surface area contributed by atoms with E-state index in [0.29, 0.717) is 0 Å². The van der Waals surface area contributed by atoms with Crippen molar-refractivity contribution in [3.8, 4) is 0 Å². The van der Waals surface area contributed by atoms with E-state index in [2.05, 4.69) is 10.1 Å². The van der Waals surface area contributed by atoms with Gasteiger partial charge in [-0.2, -0.15) is 0 Å². The van der Waals surface area contributed by atoms with Gasteiger partial charge in [0.2, 0.25) is 5.91 Å². The number of nitrogens with zero attached hydrogens (tertiary/aromatic N) is 1. The number of amides is 3. The third-order valence-electron chi connectivity index (χ3n) is 1.69. The van der Waals surface area contributed by atoms with Gasteiger partial charge < -0.3 is 9.64 Å². The molecule has 1 rings (SSSR count). The van der Waals surface area contributed by atoms with E-state index in [9.17, 15) is 14.4 Å². The first kappa shape index (κ1) is 9.50. The van der Waals surface area contributed by atoms with E-state index in [1.54, 1.807) is 0 Å². The van der Waals surface area contributed by atoms with Crippen molar-refractivity contribution in [3.05, 3.63) is 0 Å². The molecule has 0 spiro atoms. The number of rotatable bonds is 2. The highest BCUT2D eigenvalue weighted by Gasteiger charge is 2.24. The number of esters is 1. The molecule has 0 saturated carbocycles. The molecule has 1 aliphatic rings. The molecule has 1 N–H and O–H groups in total. The van der Waals surface area contributed by atoms with Gasteiger partial charge in [0.25, 0.3) is 0 Å². The second-order valence-corrected chi connectivity index (χ2v) is 2.60. The van der Waals surface area contributed by atoms with Crippen molar-refractivity contribution in [2.75, 3.05) is 20.2 Å². The lowest BCUT2D eigenvalue weighted by Crippen LogP contribution is -2.51. The number of ether oxygens (including phenoxy) is 1. The predicted octanol–water partition coefficient (Wildman–Crippen LogP) is -0.899. The van der Waals surface area contributed by atoms with Gasteiger partial charge in [0, 0.05) is 13.0 Å². The number of hydrogen-bond donors (Lipinski definition) is 1. The molecule has 6 nitrogen and oxygen atoms in total. The molecule has 0 aromatic rings. The van der Waals surface area contributed by atoms with E-state index in [1.165, 1.54) is 12.0 Å². The fourth-order valence-electron chi connectivity index (χ4n) is 0.970. The van der Waals surface area contributed by atoms with Crippen molar-refractivity contribution < 1.29 is 19.1 Å². The number of methoxy groups -OCH3 is 1. The summed E-state index contributed by atoms with van der Waals surface area (Å²) in [5, 5.41) is 2.10. The van der Waals surface area contributed by atoms with Crippen LogP contribution in [0.3, 0.4) is 0 Å². The molecular formula is C7H10N2O4. The summed E-state index contributed by atoms with van der Waals surface area (Å²) in [4.78, 5) is 33.7. The minimum absolute atomic E-state index is 0.115. The Bertz CT molecular complexity index is 251.